The van der Waals surface area contributed by atoms with Crippen LogP contribution in [0.3, 0.4) is 0 Å². The van der Waals surface area contributed by atoms with Gasteiger partial charge in [-0.3, -0.25) is 4.79 Å². The van der Waals surface area contributed by atoms with Gasteiger partial charge < -0.3 is 16.4 Å². The molecule has 2 aromatic heterocycles. The molecule has 3 aromatic rings. The zero-order chi connectivity index (χ0) is 16.9. The molecule has 0 fully saturated rings. The Hall–Kier alpha value is -3.29. The van der Waals surface area contributed by atoms with E-state index < -0.39 is 5.91 Å². The fraction of sp³-hybridized carbons (Fsp3) is 0.188. The van der Waals surface area contributed by atoms with Gasteiger partial charge >= 0.3 is 0 Å². The van der Waals surface area contributed by atoms with Gasteiger partial charge in [0.25, 0.3) is 5.91 Å². The van der Waals surface area contributed by atoms with E-state index in [1.807, 2.05) is 25.1 Å². The lowest BCUT2D eigenvalue weighted by Gasteiger charge is -2.11. The molecule has 122 valence electrons. The Morgan fingerprint density at radius 1 is 1.17 bits per heavy atom. The third kappa shape index (κ3) is 3.37. The lowest BCUT2D eigenvalue weighted by atomic mass is 10.2. The Balaban J connectivity index is 1.89. The van der Waals surface area contributed by atoms with E-state index in [1.54, 1.807) is 12.4 Å². The van der Waals surface area contributed by atoms with Crippen LogP contribution in [-0.4, -0.2) is 32.6 Å². The molecule has 0 aliphatic heterocycles. The number of aromatic nitrogens is 4. The summed E-state index contributed by atoms with van der Waals surface area (Å²) >= 11 is 0. The minimum Gasteiger partial charge on any atom is -0.369 e. The van der Waals surface area contributed by atoms with E-state index in [1.165, 1.54) is 6.20 Å². The van der Waals surface area contributed by atoms with Gasteiger partial charge in [0.15, 0.2) is 0 Å². The number of nitrogens with one attached hydrogen (secondary N) is 2. The van der Waals surface area contributed by atoms with Crippen molar-refractivity contribution in [2.75, 3.05) is 17.2 Å². The van der Waals surface area contributed by atoms with Crippen LogP contribution >= 0.6 is 0 Å². The molecule has 0 bridgehead atoms. The minimum atomic E-state index is -0.565. The van der Waals surface area contributed by atoms with E-state index in [0.29, 0.717) is 18.3 Å². The number of carbonyl (C=O) groups is 1. The first kappa shape index (κ1) is 15.6. The Kier molecular flexibility index (Phi) is 4.46. The number of amides is 1. The molecule has 24 heavy (non-hydrogen) atoms. The molecular weight excluding hydrogens is 306 g/mol. The van der Waals surface area contributed by atoms with Crippen LogP contribution in [0.25, 0.3) is 10.8 Å². The monoisotopic (exact) mass is 323 g/mol. The highest BCUT2D eigenvalue weighted by Crippen LogP contribution is 2.21. The topological polar surface area (TPSA) is 119 Å². The highest BCUT2D eigenvalue weighted by molar-refractivity contribution is 5.97. The summed E-state index contributed by atoms with van der Waals surface area (Å²) in [5.41, 5.74) is 6.43. The fourth-order valence-corrected chi connectivity index (χ4v) is 2.20. The van der Waals surface area contributed by atoms with Gasteiger partial charge in [0.05, 0.1) is 18.0 Å². The molecule has 0 saturated carbocycles. The summed E-state index contributed by atoms with van der Waals surface area (Å²) in [5, 5.41) is 15.9. The normalized spacial score (nSPS) is 10.5. The van der Waals surface area contributed by atoms with Gasteiger partial charge in [0, 0.05) is 29.2 Å². The van der Waals surface area contributed by atoms with Crippen molar-refractivity contribution in [1.82, 2.24) is 20.2 Å². The number of rotatable bonds is 6. The molecule has 4 N–H and O–H groups in total. The molecule has 0 saturated heterocycles. The molecule has 2 heterocycles. The highest BCUT2D eigenvalue weighted by atomic mass is 16.1. The van der Waals surface area contributed by atoms with E-state index >= 15 is 0 Å². The molecule has 0 unspecified atom stereocenters. The van der Waals surface area contributed by atoms with Crippen molar-refractivity contribution in [1.29, 1.82) is 0 Å². The maximum atomic E-state index is 11.5. The van der Waals surface area contributed by atoms with E-state index in [0.717, 1.165) is 22.9 Å². The van der Waals surface area contributed by atoms with Gasteiger partial charge in [0.1, 0.15) is 5.82 Å². The second-order valence-corrected chi connectivity index (χ2v) is 5.20. The number of nitrogens with two attached hydrogens (primary N) is 1. The molecule has 1 aromatic carbocycles. The Labute approximate surface area is 138 Å². The van der Waals surface area contributed by atoms with Gasteiger partial charge in [-0.05, 0) is 18.6 Å². The number of carbonyl (C=O) groups excluding carboxylic acids is 1. The number of hydrogen-bond acceptors (Lipinski definition) is 7. The first-order chi connectivity index (χ1) is 11.7. The first-order valence-corrected chi connectivity index (χ1v) is 7.55. The van der Waals surface area contributed by atoms with Gasteiger partial charge in [-0.1, -0.05) is 13.0 Å². The van der Waals surface area contributed by atoms with Crippen molar-refractivity contribution < 1.29 is 4.79 Å². The molecular formula is C16H17N7O. The first-order valence-electron chi connectivity index (χ1n) is 7.55. The third-order valence-corrected chi connectivity index (χ3v) is 3.40. The zero-order valence-electron chi connectivity index (χ0n) is 13.2. The zero-order valence-corrected chi connectivity index (χ0v) is 13.2. The van der Waals surface area contributed by atoms with Gasteiger partial charge in [0.2, 0.25) is 5.95 Å². The lowest BCUT2D eigenvalue weighted by Crippen LogP contribution is -2.17. The van der Waals surface area contributed by atoms with Crippen LogP contribution in [0.2, 0.25) is 0 Å². The predicted molar refractivity (Wildman–Crippen MR) is 92.2 cm³/mol. The maximum Gasteiger partial charge on any atom is 0.254 e. The van der Waals surface area contributed by atoms with Crippen molar-refractivity contribution in [3.8, 4) is 0 Å². The second-order valence-electron chi connectivity index (χ2n) is 5.20. The molecule has 0 spiro atoms. The van der Waals surface area contributed by atoms with Gasteiger partial charge in [-0.25, -0.2) is 4.98 Å². The Bertz CT molecular complexity index is 881. The molecule has 0 radical (unpaired) electrons. The number of benzene rings is 1. The van der Waals surface area contributed by atoms with Crippen LogP contribution in [-0.2, 0) is 0 Å². The second kappa shape index (κ2) is 6.86. The lowest BCUT2D eigenvalue weighted by molar-refractivity contribution is 0.100. The van der Waals surface area contributed by atoms with Crippen molar-refractivity contribution >= 4 is 34.1 Å². The smallest absolute Gasteiger partial charge is 0.254 e. The molecule has 3 rings (SSSR count). The summed E-state index contributed by atoms with van der Waals surface area (Å²) in [4.78, 5) is 20.0. The SMILES string of the molecule is CCCNc1nc(Nc2ccc3cnncc3c2)ncc1C(N)=O. The van der Waals surface area contributed by atoms with E-state index in [2.05, 4.69) is 30.8 Å². The summed E-state index contributed by atoms with van der Waals surface area (Å²) in [6.45, 7) is 2.71. The molecule has 0 aliphatic carbocycles. The van der Waals surface area contributed by atoms with Crippen molar-refractivity contribution in [3.05, 3.63) is 42.4 Å². The average Bonchev–Trinajstić information content (AvgIpc) is 2.59. The highest BCUT2D eigenvalue weighted by Gasteiger charge is 2.12. The van der Waals surface area contributed by atoms with E-state index in [-0.39, 0.29) is 5.56 Å². The van der Waals surface area contributed by atoms with Crippen LogP contribution in [0.5, 0.6) is 0 Å². The summed E-state index contributed by atoms with van der Waals surface area (Å²) < 4.78 is 0. The molecule has 0 aliphatic rings. The minimum absolute atomic E-state index is 0.266. The van der Waals surface area contributed by atoms with Crippen LogP contribution < -0.4 is 16.4 Å². The summed E-state index contributed by atoms with van der Waals surface area (Å²) in [6.07, 6.45) is 5.70. The van der Waals surface area contributed by atoms with Crippen molar-refractivity contribution in [3.63, 3.8) is 0 Å². The summed E-state index contributed by atoms with van der Waals surface area (Å²) in [5.74, 6) is 0.234. The number of hydrogen-bond donors (Lipinski definition) is 3. The van der Waals surface area contributed by atoms with Crippen LogP contribution in [0.15, 0.2) is 36.8 Å². The van der Waals surface area contributed by atoms with Crippen LogP contribution in [0, 0.1) is 0 Å². The largest absolute Gasteiger partial charge is 0.369 e. The summed E-state index contributed by atoms with van der Waals surface area (Å²) in [6, 6.07) is 5.75. The molecule has 8 nitrogen and oxygen atoms in total. The number of primary amides is 1. The number of nitrogens with zero attached hydrogens (tertiary/aromatic N) is 4. The van der Waals surface area contributed by atoms with Crippen molar-refractivity contribution in [2.45, 2.75) is 13.3 Å². The van der Waals surface area contributed by atoms with Crippen LogP contribution in [0.1, 0.15) is 23.7 Å². The number of anilines is 3. The Morgan fingerprint density at radius 2 is 1.96 bits per heavy atom. The Morgan fingerprint density at radius 3 is 2.71 bits per heavy atom. The summed E-state index contributed by atoms with van der Waals surface area (Å²) in [7, 11) is 0. The standard InChI is InChI=1S/C16H17N7O/c1-2-5-18-15-13(14(17)24)9-19-16(23-15)22-12-4-3-10-7-20-21-8-11(10)6-12/h3-4,6-9H,2,5H2,1H3,(H2,17,24)(H2,18,19,22,23). The average molecular weight is 323 g/mol. The van der Waals surface area contributed by atoms with Crippen LogP contribution in [0.4, 0.5) is 17.5 Å². The fourth-order valence-electron chi connectivity index (χ4n) is 2.20. The number of fused-ring (bicyclic) bond motifs is 1. The van der Waals surface area contributed by atoms with Gasteiger partial charge in [-0.2, -0.15) is 15.2 Å². The third-order valence-electron chi connectivity index (χ3n) is 3.40. The quantitative estimate of drug-likeness (QED) is 0.635. The van der Waals surface area contributed by atoms with Crippen molar-refractivity contribution in [2.24, 2.45) is 5.73 Å². The van der Waals surface area contributed by atoms with E-state index in [4.69, 9.17) is 5.73 Å². The van der Waals surface area contributed by atoms with Gasteiger partial charge in [-0.15, -0.1) is 0 Å². The predicted octanol–water partition coefficient (Wildman–Crippen LogP) is 2.08. The maximum absolute atomic E-state index is 11.5. The molecule has 8 heteroatoms. The van der Waals surface area contributed by atoms with E-state index in [9.17, 15) is 4.79 Å². The molecule has 0 atom stereocenters. The molecule has 1 amide bonds.